The molecule has 0 unspecified atom stereocenters. The summed E-state index contributed by atoms with van der Waals surface area (Å²) in [4.78, 5) is 23.4. The van der Waals surface area contributed by atoms with Crippen molar-refractivity contribution in [3.63, 3.8) is 0 Å². The van der Waals surface area contributed by atoms with Crippen LogP contribution in [0.2, 0.25) is 0 Å². The summed E-state index contributed by atoms with van der Waals surface area (Å²) >= 11 is 0. The third kappa shape index (κ3) is 5.07. The van der Waals surface area contributed by atoms with Crippen LogP contribution >= 0.6 is 0 Å². The zero-order valence-corrected chi connectivity index (χ0v) is 23.7. The lowest BCUT2D eigenvalue weighted by molar-refractivity contribution is -0.141. The molecule has 0 radical (unpaired) electrons. The van der Waals surface area contributed by atoms with E-state index in [-0.39, 0.29) is 25.2 Å². The van der Waals surface area contributed by atoms with Crippen LogP contribution in [0, 0.1) is 0 Å². The van der Waals surface area contributed by atoms with Crippen molar-refractivity contribution < 1.29 is 19.1 Å². The lowest BCUT2D eigenvalue weighted by Gasteiger charge is -2.13. The predicted octanol–water partition coefficient (Wildman–Crippen LogP) is 7.40. The minimum atomic E-state index is -0.290. The van der Waals surface area contributed by atoms with Gasteiger partial charge in [-0.15, -0.1) is 0 Å². The Morgan fingerprint density at radius 2 is 0.929 bits per heavy atom. The summed E-state index contributed by atoms with van der Waals surface area (Å²) in [6.07, 6.45) is 5.34. The summed E-state index contributed by atoms with van der Waals surface area (Å²) < 4.78 is 15.4. The molecule has 0 amide bonds. The van der Waals surface area contributed by atoms with E-state index in [9.17, 15) is 9.59 Å². The van der Waals surface area contributed by atoms with Gasteiger partial charge < -0.3 is 18.3 Å². The number of carbonyl (C=O) groups excluding carboxylic acids is 2. The van der Waals surface area contributed by atoms with E-state index in [2.05, 4.69) is 81.9 Å². The van der Waals surface area contributed by atoms with E-state index in [1.807, 2.05) is 36.4 Å². The first kappa shape index (κ1) is 27.1. The van der Waals surface area contributed by atoms with E-state index in [4.69, 9.17) is 9.47 Å². The Hall–Kier alpha value is -5.10. The van der Waals surface area contributed by atoms with E-state index in [0.29, 0.717) is 12.8 Å². The highest BCUT2D eigenvalue weighted by Crippen LogP contribution is 2.46. The molecular weight excluding hydrogens is 524 g/mol. The molecule has 6 heteroatoms. The first-order valence-electron chi connectivity index (χ1n) is 14.2. The van der Waals surface area contributed by atoms with Crippen LogP contribution in [-0.4, -0.2) is 34.0 Å². The molecule has 0 bridgehead atoms. The molecule has 0 aliphatic rings. The zero-order chi connectivity index (χ0) is 29.1. The maximum absolute atomic E-state index is 11.7. The molecule has 6 rings (SSSR count). The largest absolute Gasteiger partial charge is 0.466 e. The molecule has 0 fully saturated rings. The van der Waals surface area contributed by atoms with Crippen molar-refractivity contribution >= 4 is 23.0 Å². The number of ether oxygens (including phenoxy) is 2. The highest BCUT2D eigenvalue weighted by atomic mass is 16.5. The minimum Gasteiger partial charge on any atom is -0.466 e. The fourth-order valence-corrected chi connectivity index (χ4v) is 5.95. The monoisotopic (exact) mass is 556 g/mol. The molecule has 6 nitrogen and oxygen atoms in total. The second-order valence-corrected chi connectivity index (χ2v) is 10.2. The van der Waals surface area contributed by atoms with Crippen LogP contribution in [0.5, 0.6) is 0 Å². The van der Waals surface area contributed by atoms with Crippen molar-refractivity contribution in [3.05, 3.63) is 121 Å². The van der Waals surface area contributed by atoms with E-state index in [1.54, 1.807) is 0 Å². The van der Waals surface area contributed by atoms with E-state index < -0.39 is 0 Å². The topological polar surface area (TPSA) is 61.4 Å². The van der Waals surface area contributed by atoms with Gasteiger partial charge in [-0.1, -0.05) is 72.8 Å². The third-order valence-electron chi connectivity index (χ3n) is 7.56. The Kier molecular flexibility index (Phi) is 7.60. The van der Waals surface area contributed by atoms with Crippen LogP contribution in [-0.2, 0) is 31.9 Å². The SMILES string of the molecule is CC(=O)OCCc1c(-c2ccccc2)c(-c2c(-c3ccccc3)c(CCOC(C)=O)c3ccccn23)n2ccccc12. The number of fused-ring (bicyclic) bond motifs is 2. The zero-order valence-electron chi connectivity index (χ0n) is 23.7. The molecule has 4 aromatic heterocycles. The molecule has 0 atom stereocenters. The van der Waals surface area contributed by atoms with Crippen molar-refractivity contribution in [2.45, 2.75) is 26.7 Å². The van der Waals surface area contributed by atoms with Gasteiger partial charge in [0.05, 0.1) is 24.6 Å². The first-order valence-corrected chi connectivity index (χ1v) is 14.2. The van der Waals surface area contributed by atoms with Crippen LogP contribution in [0.3, 0.4) is 0 Å². The number of esters is 2. The van der Waals surface area contributed by atoms with Gasteiger partial charge in [0, 0.05) is 61.2 Å². The Morgan fingerprint density at radius 1 is 0.548 bits per heavy atom. The van der Waals surface area contributed by atoms with Crippen molar-refractivity contribution in [1.82, 2.24) is 8.80 Å². The Morgan fingerprint density at radius 3 is 1.31 bits per heavy atom. The second kappa shape index (κ2) is 11.8. The number of benzene rings is 2. The quantitative estimate of drug-likeness (QED) is 0.174. The van der Waals surface area contributed by atoms with Gasteiger partial charge in [-0.3, -0.25) is 9.59 Å². The van der Waals surface area contributed by atoms with Gasteiger partial charge in [-0.2, -0.15) is 0 Å². The van der Waals surface area contributed by atoms with Gasteiger partial charge in [0.15, 0.2) is 0 Å². The molecule has 0 aliphatic heterocycles. The number of aromatic nitrogens is 2. The molecule has 0 spiro atoms. The van der Waals surface area contributed by atoms with Gasteiger partial charge in [0.2, 0.25) is 0 Å². The lowest BCUT2D eigenvalue weighted by Crippen LogP contribution is -2.04. The number of hydrogen-bond acceptors (Lipinski definition) is 4. The maximum atomic E-state index is 11.7. The summed E-state index contributed by atoms with van der Waals surface area (Å²) in [6.45, 7) is 3.46. The molecule has 0 aliphatic carbocycles. The van der Waals surface area contributed by atoms with E-state index in [0.717, 1.165) is 55.8 Å². The standard InChI is InChI=1S/C36H32N2O4/c1-25(39)41-23-19-29-31-17-9-11-21-37(31)35(33(29)27-13-5-3-6-14-27)36-34(28-15-7-4-8-16-28)30(20-24-42-26(2)40)32-18-10-12-22-38(32)36/h3-18,21-22H,19-20,23-24H2,1-2H3. The molecule has 4 heterocycles. The number of pyridine rings is 2. The predicted molar refractivity (Wildman–Crippen MR) is 165 cm³/mol. The first-order chi connectivity index (χ1) is 20.5. The normalized spacial score (nSPS) is 11.2. The molecule has 0 saturated heterocycles. The maximum Gasteiger partial charge on any atom is 0.302 e. The average molecular weight is 557 g/mol. The fourth-order valence-electron chi connectivity index (χ4n) is 5.95. The summed E-state index contributed by atoms with van der Waals surface area (Å²) in [5, 5.41) is 0. The van der Waals surface area contributed by atoms with Crippen LogP contribution in [0.4, 0.5) is 0 Å². The van der Waals surface area contributed by atoms with Crippen molar-refractivity contribution in [2.24, 2.45) is 0 Å². The Balaban J connectivity index is 1.72. The fraction of sp³-hybridized carbons (Fsp3) is 0.167. The molecule has 2 aromatic carbocycles. The summed E-state index contributed by atoms with van der Waals surface area (Å²) in [5.41, 5.74) is 10.8. The summed E-state index contributed by atoms with van der Waals surface area (Å²) in [7, 11) is 0. The molecule has 210 valence electrons. The van der Waals surface area contributed by atoms with Crippen LogP contribution in [0.25, 0.3) is 44.7 Å². The van der Waals surface area contributed by atoms with Gasteiger partial charge in [-0.05, 0) is 46.5 Å². The number of nitrogens with zero attached hydrogens (tertiary/aromatic N) is 2. The van der Waals surface area contributed by atoms with Crippen LogP contribution in [0.15, 0.2) is 109 Å². The average Bonchev–Trinajstić information content (AvgIpc) is 3.50. The van der Waals surface area contributed by atoms with Gasteiger partial charge in [0.1, 0.15) is 0 Å². The molecule has 42 heavy (non-hydrogen) atoms. The highest BCUT2D eigenvalue weighted by molar-refractivity contribution is 5.98. The molecule has 0 N–H and O–H groups in total. The summed E-state index contributed by atoms with van der Waals surface area (Å²) in [5.74, 6) is -0.581. The van der Waals surface area contributed by atoms with Gasteiger partial charge >= 0.3 is 11.9 Å². The Labute approximate surface area is 244 Å². The second-order valence-electron chi connectivity index (χ2n) is 10.2. The molecule has 0 saturated carbocycles. The Bertz CT molecular complexity index is 1740. The van der Waals surface area contributed by atoms with Gasteiger partial charge in [0.25, 0.3) is 0 Å². The number of hydrogen-bond donors (Lipinski definition) is 0. The molecule has 6 aromatic rings. The highest BCUT2D eigenvalue weighted by Gasteiger charge is 2.28. The van der Waals surface area contributed by atoms with Crippen molar-refractivity contribution in [2.75, 3.05) is 13.2 Å². The van der Waals surface area contributed by atoms with Crippen molar-refractivity contribution in [1.29, 1.82) is 0 Å². The number of rotatable bonds is 9. The minimum absolute atomic E-state index is 0.289. The van der Waals surface area contributed by atoms with E-state index in [1.165, 1.54) is 13.8 Å². The third-order valence-corrected chi connectivity index (χ3v) is 7.56. The van der Waals surface area contributed by atoms with Crippen LogP contribution in [0.1, 0.15) is 25.0 Å². The van der Waals surface area contributed by atoms with Crippen LogP contribution < -0.4 is 0 Å². The van der Waals surface area contributed by atoms with E-state index >= 15 is 0 Å². The summed E-state index contributed by atoms with van der Waals surface area (Å²) in [6, 6.07) is 33.2. The van der Waals surface area contributed by atoms with Gasteiger partial charge in [-0.25, -0.2) is 0 Å². The molecular formula is C36H32N2O4. The lowest BCUT2D eigenvalue weighted by atomic mass is 9.93. The number of carbonyl (C=O) groups is 2. The van der Waals surface area contributed by atoms with Crippen molar-refractivity contribution in [3.8, 4) is 33.6 Å². The smallest absolute Gasteiger partial charge is 0.302 e.